The molecule has 0 radical (unpaired) electrons. The molecule has 4 heteroatoms. The normalized spacial score (nSPS) is 11.5. The van der Waals surface area contributed by atoms with Crippen molar-refractivity contribution in [1.82, 2.24) is 0 Å². The van der Waals surface area contributed by atoms with E-state index in [4.69, 9.17) is 9.47 Å². The number of para-hydroxylation sites is 1. The predicted molar refractivity (Wildman–Crippen MR) is 119 cm³/mol. The Morgan fingerprint density at radius 3 is 2.17 bits per heavy atom. The van der Waals surface area contributed by atoms with Crippen molar-refractivity contribution >= 4 is 5.97 Å². The van der Waals surface area contributed by atoms with Gasteiger partial charge in [0.15, 0.2) is 0 Å². The van der Waals surface area contributed by atoms with Gasteiger partial charge in [-0.05, 0) is 30.7 Å². The number of ether oxygens (including phenoxy) is 2. The molecule has 2 aromatic rings. The zero-order chi connectivity index (χ0) is 21.4. The molecule has 160 valence electrons. The summed E-state index contributed by atoms with van der Waals surface area (Å²) in [5, 5.41) is 9.47. The van der Waals surface area contributed by atoms with E-state index >= 15 is 0 Å². The highest BCUT2D eigenvalue weighted by Crippen LogP contribution is 2.26. The van der Waals surface area contributed by atoms with Gasteiger partial charge in [0.1, 0.15) is 17.6 Å². The number of benzene rings is 2. The van der Waals surface area contributed by atoms with Gasteiger partial charge in [0.05, 0.1) is 0 Å². The molecule has 0 aliphatic rings. The SMILES string of the molecule is CCCCCCCCCCCC(=O)OC(C#N)c1cccc(Oc2ccccc2)c1. The third-order valence-electron chi connectivity index (χ3n) is 4.99. The minimum absolute atomic E-state index is 0.320. The van der Waals surface area contributed by atoms with Gasteiger partial charge in [-0.25, -0.2) is 0 Å². The van der Waals surface area contributed by atoms with E-state index in [0.717, 1.165) is 19.3 Å². The van der Waals surface area contributed by atoms with E-state index in [1.807, 2.05) is 36.4 Å². The fourth-order valence-corrected chi connectivity index (χ4v) is 3.31. The van der Waals surface area contributed by atoms with Crippen molar-refractivity contribution in [3.8, 4) is 17.6 Å². The molecular formula is C26H33NO3. The third-order valence-corrected chi connectivity index (χ3v) is 4.99. The Morgan fingerprint density at radius 1 is 0.867 bits per heavy atom. The maximum atomic E-state index is 12.2. The maximum Gasteiger partial charge on any atom is 0.307 e. The number of carbonyl (C=O) groups excluding carboxylic acids is 1. The molecule has 1 atom stereocenters. The lowest BCUT2D eigenvalue weighted by molar-refractivity contribution is -0.147. The topological polar surface area (TPSA) is 59.3 Å². The predicted octanol–water partition coefficient (Wildman–Crippen LogP) is 7.51. The van der Waals surface area contributed by atoms with Crippen molar-refractivity contribution in [2.24, 2.45) is 0 Å². The monoisotopic (exact) mass is 407 g/mol. The molecule has 2 rings (SSSR count). The molecule has 0 amide bonds. The van der Waals surface area contributed by atoms with Gasteiger partial charge in [-0.3, -0.25) is 4.79 Å². The number of carbonyl (C=O) groups is 1. The van der Waals surface area contributed by atoms with Crippen LogP contribution in [0.1, 0.15) is 82.8 Å². The van der Waals surface area contributed by atoms with E-state index in [2.05, 4.69) is 13.0 Å². The Bertz CT molecular complexity index is 782. The van der Waals surface area contributed by atoms with Crippen LogP contribution < -0.4 is 4.74 Å². The summed E-state index contributed by atoms with van der Waals surface area (Å²) in [7, 11) is 0. The first-order valence-corrected chi connectivity index (χ1v) is 11.1. The Balaban J connectivity index is 1.72. The molecule has 0 aliphatic carbocycles. The quantitative estimate of drug-likeness (QED) is 0.240. The largest absolute Gasteiger partial charge is 0.457 e. The summed E-state index contributed by atoms with van der Waals surface area (Å²) in [5.41, 5.74) is 0.617. The Hall–Kier alpha value is -2.80. The summed E-state index contributed by atoms with van der Waals surface area (Å²) >= 11 is 0. The molecular weight excluding hydrogens is 374 g/mol. The zero-order valence-corrected chi connectivity index (χ0v) is 18.0. The molecule has 30 heavy (non-hydrogen) atoms. The molecule has 0 saturated carbocycles. The van der Waals surface area contributed by atoms with E-state index in [9.17, 15) is 10.1 Å². The van der Waals surface area contributed by atoms with Crippen LogP contribution in [0.15, 0.2) is 54.6 Å². The zero-order valence-electron chi connectivity index (χ0n) is 18.0. The number of nitriles is 1. The lowest BCUT2D eigenvalue weighted by Gasteiger charge is -2.13. The molecule has 4 nitrogen and oxygen atoms in total. The van der Waals surface area contributed by atoms with Crippen LogP contribution in [0.4, 0.5) is 0 Å². The van der Waals surface area contributed by atoms with Crippen molar-refractivity contribution in [1.29, 1.82) is 5.26 Å². The van der Waals surface area contributed by atoms with Gasteiger partial charge in [0.2, 0.25) is 6.10 Å². The third kappa shape index (κ3) is 9.13. The van der Waals surface area contributed by atoms with Crippen LogP contribution in [0.5, 0.6) is 11.5 Å². The summed E-state index contributed by atoms with van der Waals surface area (Å²) in [5.74, 6) is 0.998. The summed E-state index contributed by atoms with van der Waals surface area (Å²) in [4.78, 5) is 12.2. The summed E-state index contributed by atoms with van der Waals surface area (Å²) in [6.45, 7) is 2.23. The first-order chi connectivity index (χ1) is 14.7. The summed E-state index contributed by atoms with van der Waals surface area (Å²) in [6, 6.07) is 18.6. The Labute approximate surface area is 180 Å². The lowest BCUT2D eigenvalue weighted by atomic mass is 10.1. The van der Waals surface area contributed by atoms with Gasteiger partial charge < -0.3 is 9.47 Å². The number of nitrogens with zero attached hydrogens (tertiary/aromatic N) is 1. The van der Waals surface area contributed by atoms with E-state index in [1.54, 1.807) is 18.2 Å². The van der Waals surface area contributed by atoms with Crippen molar-refractivity contribution in [2.75, 3.05) is 0 Å². The Morgan fingerprint density at radius 2 is 1.50 bits per heavy atom. The standard InChI is InChI=1S/C26H33NO3/c1-2-3-4-5-6-7-8-9-13-19-26(28)30-25(21-27)22-15-14-18-24(20-22)29-23-16-11-10-12-17-23/h10-12,14-18,20,25H,2-9,13,19H2,1H3. The van der Waals surface area contributed by atoms with Crippen LogP contribution in [0.2, 0.25) is 0 Å². The molecule has 0 spiro atoms. The molecule has 0 aromatic heterocycles. The van der Waals surface area contributed by atoms with Crippen LogP contribution in [0, 0.1) is 11.3 Å². The second kappa shape index (κ2) is 14.2. The van der Waals surface area contributed by atoms with Crippen LogP contribution in [0.25, 0.3) is 0 Å². The van der Waals surface area contributed by atoms with Crippen molar-refractivity contribution < 1.29 is 14.3 Å². The van der Waals surface area contributed by atoms with Gasteiger partial charge in [-0.15, -0.1) is 0 Å². The molecule has 0 saturated heterocycles. The molecule has 0 bridgehead atoms. The highest BCUT2D eigenvalue weighted by molar-refractivity contribution is 5.70. The number of esters is 1. The average molecular weight is 408 g/mol. The van der Waals surface area contributed by atoms with Crippen molar-refractivity contribution in [3.63, 3.8) is 0 Å². The maximum absolute atomic E-state index is 12.2. The summed E-state index contributed by atoms with van der Waals surface area (Å²) < 4.78 is 11.2. The average Bonchev–Trinajstić information content (AvgIpc) is 2.77. The molecule has 0 N–H and O–H groups in total. The molecule has 0 aliphatic heterocycles. The van der Waals surface area contributed by atoms with Crippen LogP contribution in [-0.4, -0.2) is 5.97 Å². The molecule has 2 aromatic carbocycles. The smallest absolute Gasteiger partial charge is 0.307 e. The van der Waals surface area contributed by atoms with Crippen LogP contribution >= 0.6 is 0 Å². The number of hydrogen-bond acceptors (Lipinski definition) is 4. The molecule has 0 heterocycles. The number of unbranched alkanes of at least 4 members (excludes halogenated alkanes) is 8. The fraction of sp³-hybridized carbons (Fsp3) is 0.462. The second-order valence-corrected chi connectivity index (χ2v) is 7.57. The second-order valence-electron chi connectivity index (χ2n) is 7.57. The number of rotatable bonds is 14. The van der Waals surface area contributed by atoms with Crippen LogP contribution in [-0.2, 0) is 9.53 Å². The van der Waals surface area contributed by atoms with E-state index in [0.29, 0.717) is 23.5 Å². The van der Waals surface area contributed by atoms with Gasteiger partial charge >= 0.3 is 5.97 Å². The van der Waals surface area contributed by atoms with Crippen LogP contribution in [0.3, 0.4) is 0 Å². The fourth-order valence-electron chi connectivity index (χ4n) is 3.31. The Kier molecular flexibility index (Phi) is 11.1. The van der Waals surface area contributed by atoms with E-state index < -0.39 is 6.10 Å². The van der Waals surface area contributed by atoms with Crippen molar-refractivity contribution in [3.05, 3.63) is 60.2 Å². The molecule has 0 fully saturated rings. The first-order valence-electron chi connectivity index (χ1n) is 11.1. The van der Waals surface area contributed by atoms with E-state index in [1.165, 1.54) is 38.5 Å². The van der Waals surface area contributed by atoms with Gasteiger partial charge in [-0.2, -0.15) is 5.26 Å². The van der Waals surface area contributed by atoms with Gasteiger partial charge in [0, 0.05) is 12.0 Å². The van der Waals surface area contributed by atoms with Gasteiger partial charge in [-0.1, -0.05) is 88.6 Å². The minimum Gasteiger partial charge on any atom is -0.457 e. The molecule has 1 unspecified atom stereocenters. The van der Waals surface area contributed by atoms with E-state index in [-0.39, 0.29) is 5.97 Å². The minimum atomic E-state index is -0.921. The summed E-state index contributed by atoms with van der Waals surface area (Å²) in [6.07, 6.45) is 10.2. The highest BCUT2D eigenvalue weighted by atomic mass is 16.5. The highest BCUT2D eigenvalue weighted by Gasteiger charge is 2.16. The van der Waals surface area contributed by atoms with Gasteiger partial charge in [0.25, 0.3) is 0 Å². The van der Waals surface area contributed by atoms with Crippen molar-refractivity contribution in [2.45, 2.75) is 77.2 Å². The number of hydrogen-bond donors (Lipinski definition) is 0. The first kappa shape index (κ1) is 23.5. The lowest BCUT2D eigenvalue weighted by Crippen LogP contribution is -2.10.